The van der Waals surface area contributed by atoms with Crippen LogP contribution in [-0.4, -0.2) is 44.2 Å². The van der Waals surface area contributed by atoms with Gasteiger partial charge in [0, 0.05) is 22.9 Å². The quantitative estimate of drug-likeness (QED) is 0.322. The van der Waals surface area contributed by atoms with Crippen LogP contribution in [0.2, 0.25) is 0 Å². The first-order valence-corrected chi connectivity index (χ1v) is 12.8. The third-order valence-corrected chi connectivity index (χ3v) is 7.75. The van der Waals surface area contributed by atoms with Crippen LogP contribution in [0.15, 0.2) is 29.4 Å². The number of rotatable bonds is 8. The van der Waals surface area contributed by atoms with Gasteiger partial charge in [0.2, 0.25) is 0 Å². The molecular weight excluding hydrogens is 448 g/mol. The van der Waals surface area contributed by atoms with Gasteiger partial charge < -0.3 is 9.72 Å². The molecule has 0 saturated heterocycles. The third-order valence-electron chi connectivity index (χ3n) is 6.81. The number of hydrogen-bond donors (Lipinski definition) is 1. The number of aromatic nitrogens is 4. The molecule has 180 valence electrons. The van der Waals surface area contributed by atoms with E-state index in [1.165, 1.54) is 37.9 Å². The second kappa shape index (κ2) is 10.2. The van der Waals surface area contributed by atoms with E-state index in [4.69, 9.17) is 4.74 Å². The standard InChI is InChI=1S/C26H32N4O3S/c1-15-8-6-7-9-21(15)30-25(19-10-12-20(33-5)13-11-19)28-29-26(30)34-14-22(32)24-16(2)23(18(4)31)17(3)27-24/h10-13,15,21,27H,6-9,14H2,1-5H3/t15-,21+/m1/s1. The predicted octanol–water partition coefficient (Wildman–Crippen LogP) is 5.83. The lowest BCUT2D eigenvalue weighted by atomic mass is 9.85. The van der Waals surface area contributed by atoms with Crippen molar-refractivity contribution in [2.45, 2.75) is 64.6 Å². The van der Waals surface area contributed by atoms with Crippen molar-refractivity contribution in [3.05, 3.63) is 46.8 Å². The first-order chi connectivity index (χ1) is 16.3. The average Bonchev–Trinajstić information content (AvgIpc) is 3.38. The summed E-state index contributed by atoms with van der Waals surface area (Å²) in [6.07, 6.45) is 4.65. The molecule has 1 N–H and O–H groups in total. The van der Waals surface area contributed by atoms with Crippen molar-refractivity contribution >= 4 is 23.3 Å². The van der Waals surface area contributed by atoms with E-state index in [9.17, 15) is 9.59 Å². The molecule has 34 heavy (non-hydrogen) atoms. The van der Waals surface area contributed by atoms with Gasteiger partial charge in [-0.05, 0) is 69.4 Å². The molecule has 4 rings (SSSR count). The lowest BCUT2D eigenvalue weighted by molar-refractivity contribution is 0.101. The number of nitrogens with one attached hydrogen (secondary N) is 1. The molecule has 0 spiro atoms. The van der Waals surface area contributed by atoms with E-state index < -0.39 is 0 Å². The van der Waals surface area contributed by atoms with E-state index in [-0.39, 0.29) is 23.4 Å². The molecule has 1 saturated carbocycles. The van der Waals surface area contributed by atoms with Crippen molar-refractivity contribution in [3.8, 4) is 17.1 Å². The Labute approximate surface area is 204 Å². The minimum atomic E-state index is -0.0460. The monoisotopic (exact) mass is 480 g/mol. The Kier molecular flexibility index (Phi) is 7.26. The number of carbonyl (C=O) groups is 2. The molecule has 7 nitrogen and oxygen atoms in total. The number of benzene rings is 1. The molecule has 2 atom stereocenters. The summed E-state index contributed by atoms with van der Waals surface area (Å²) in [4.78, 5) is 28.2. The topological polar surface area (TPSA) is 89.9 Å². The summed E-state index contributed by atoms with van der Waals surface area (Å²) in [5, 5.41) is 9.82. The van der Waals surface area contributed by atoms with Crippen LogP contribution in [0.4, 0.5) is 0 Å². The maximum Gasteiger partial charge on any atom is 0.192 e. The summed E-state index contributed by atoms with van der Waals surface area (Å²) in [6, 6.07) is 8.15. The zero-order valence-electron chi connectivity index (χ0n) is 20.5. The van der Waals surface area contributed by atoms with Crippen molar-refractivity contribution in [1.29, 1.82) is 0 Å². The summed E-state index contributed by atoms with van der Waals surface area (Å²) in [7, 11) is 1.65. The smallest absolute Gasteiger partial charge is 0.192 e. The highest BCUT2D eigenvalue weighted by atomic mass is 32.2. The van der Waals surface area contributed by atoms with E-state index in [2.05, 4.69) is 26.7 Å². The van der Waals surface area contributed by atoms with Gasteiger partial charge >= 0.3 is 0 Å². The highest BCUT2D eigenvalue weighted by molar-refractivity contribution is 7.99. The van der Waals surface area contributed by atoms with Crippen LogP contribution in [0.1, 0.15) is 77.7 Å². The summed E-state index contributed by atoms with van der Waals surface area (Å²) in [5.74, 6) is 2.26. The number of thioether (sulfide) groups is 1. The molecule has 0 bridgehead atoms. The van der Waals surface area contributed by atoms with Crippen molar-refractivity contribution in [3.63, 3.8) is 0 Å². The van der Waals surface area contributed by atoms with Crippen LogP contribution in [0.3, 0.4) is 0 Å². The average molecular weight is 481 g/mol. The van der Waals surface area contributed by atoms with Crippen molar-refractivity contribution in [2.75, 3.05) is 12.9 Å². The van der Waals surface area contributed by atoms with Gasteiger partial charge in [0.05, 0.1) is 18.6 Å². The van der Waals surface area contributed by atoms with E-state index in [0.29, 0.717) is 17.2 Å². The summed E-state index contributed by atoms with van der Waals surface area (Å²) in [5.41, 5.74) is 3.54. The number of H-pyrrole nitrogens is 1. The van der Waals surface area contributed by atoms with Gasteiger partial charge in [0.1, 0.15) is 5.75 Å². The Morgan fingerprint density at radius 3 is 2.47 bits per heavy atom. The number of aryl methyl sites for hydroxylation is 1. The molecule has 0 radical (unpaired) electrons. The molecule has 1 aliphatic rings. The molecule has 3 aromatic rings. The van der Waals surface area contributed by atoms with Crippen LogP contribution in [0.25, 0.3) is 11.4 Å². The van der Waals surface area contributed by atoms with Crippen LogP contribution < -0.4 is 4.74 Å². The predicted molar refractivity (Wildman–Crippen MR) is 134 cm³/mol. The maximum atomic E-state index is 13.1. The fraction of sp³-hybridized carbons (Fsp3) is 0.462. The Bertz CT molecular complexity index is 1200. The van der Waals surface area contributed by atoms with Crippen molar-refractivity contribution in [1.82, 2.24) is 19.7 Å². The van der Waals surface area contributed by atoms with Crippen molar-refractivity contribution in [2.24, 2.45) is 5.92 Å². The summed E-state index contributed by atoms with van der Waals surface area (Å²) >= 11 is 1.41. The molecule has 2 heterocycles. The Hall–Kier alpha value is -2.87. The molecule has 2 aromatic heterocycles. The molecule has 1 aliphatic carbocycles. The summed E-state index contributed by atoms with van der Waals surface area (Å²) < 4.78 is 7.54. The molecule has 0 aliphatic heterocycles. The first-order valence-electron chi connectivity index (χ1n) is 11.8. The zero-order valence-corrected chi connectivity index (χ0v) is 21.3. The molecule has 0 amide bonds. The van der Waals surface area contributed by atoms with Gasteiger partial charge in [0.25, 0.3) is 0 Å². The van der Waals surface area contributed by atoms with Gasteiger partial charge in [-0.25, -0.2) is 0 Å². The Balaban J connectivity index is 1.64. The number of methoxy groups -OCH3 is 1. The summed E-state index contributed by atoms with van der Waals surface area (Å²) in [6.45, 7) is 7.47. The minimum absolute atomic E-state index is 0.0342. The first kappa shape index (κ1) is 24.3. The highest BCUT2D eigenvalue weighted by Gasteiger charge is 2.29. The number of nitrogens with zero attached hydrogens (tertiary/aromatic N) is 3. The Morgan fingerprint density at radius 2 is 1.85 bits per heavy atom. The zero-order chi connectivity index (χ0) is 24.4. The fourth-order valence-electron chi connectivity index (χ4n) is 5.05. The molecular formula is C26H32N4O3S. The SMILES string of the molecule is COc1ccc(-c2nnc(SCC(=O)c3[nH]c(C)c(C(C)=O)c3C)n2[C@H]2CCCC[C@H]2C)cc1. The minimum Gasteiger partial charge on any atom is -0.497 e. The largest absolute Gasteiger partial charge is 0.497 e. The Morgan fingerprint density at radius 1 is 1.15 bits per heavy atom. The van der Waals surface area contributed by atoms with Crippen LogP contribution in [0, 0.1) is 19.8 Å². The van der Waals surface area contributed by atoms with Gasteiger partial charge in [0.15, 0.2) is 22.5 Å². The number of ether oxygens (including phenoxy) is 1. The normalized spacial score (nSPS) is 18.1. The second-order valence-electron chi connectivity index (χ2n) is 9.13. The van der Waals surface area contributed by atoms with Gasteiger partial charge in [-0.2, -0.15) is 0 Å². The fourth-order valence-corrected chi connectivity index (χ4v) is 5.91. The van der Waals surface area contributed by atoms with Crippen LogP contribution >= 0.6 is 11.8 Å². The van der Waals surface area contributed by atoms with Gasteiger partial charge in [-0.1, -0.05) is 31.5 Å². The third kappa shape index (κ3) is 4.69. The molecule has 8 heteroatoms. The lowest BCUT2D eigenvalue weighted by Crippen LogP contribution is -2.22. The number of hydrogen-bond acceptors (Lipinski definition) is 6. The molecule has 1 aromatic carbocycles. The van der Waals surface area contributed by atoms with Crippen molar-refractivity contribution < 1.29 is 14.3 Å². The van der Waals surface area contributed by atoms with Crippen LogP contribution in [0.5, 0.6) is 5.75 Å². The number of ketones is 2. The number of aromatic amines is 1. The van der Waals surface area contributed by atoms with Crippen LogP contribution in [-0.2, 0) is 0 Å². The second-order valence-corrected chi connectivity index (χ2v) is 10.1. The van der Waals surface area contributed by atoms with Gasteiger partial charge in [-0.3, -0.25) is 14.2 Å². The maximum absolute atomic E-state index is 13.1. The van der Waals surface area contributed by atoms with E-state index in [1.54, 1.807) is 7.11 Å². The van der Waals surface area contributed by atoms with Gasteiger partial charge in [-0.15, -0.1) is 10.2 Å². The number of carbonyl (C=O) groups excluding carboxylic acids is 2. The molecule has 1 fully saturated rings. The van der Waals surface area contributed by atoms with E-state index in [0.717, 1.165) is 40.0 Å². The molecule has 0 unspecified atom stereocenters. The number of Topliss-reactive ketones (excluding diaryl/α,β-unsaturated/α-hetero) is 2. The highest BCUT2D eigenvalue weighted by Crippen LogP contribution is 2.39. The van der Waals surface area contributed by atoms with E-state index in [1.807, 2.05) is 38.1 Å². The lowest BCUT2D eigenvalue weighted by Gasteiger charge is -2.31. The van der Waals surface area contributed by atoms with E-state index >= 15 is 0 Å².